The zero-order valence-electron chi connectivity index (χ0n) is 14.9. The number of carbonyl (C=O) groups excluding carboxylic acids is 2. The molecule has 0 bridgehead atoms. The molecule has 0 spiro atoms. The van der Waals surface area contributed by atoms with Gasteiger partial charge in [-0.1, -0.05) is 0 Å². The summed E-state index contributed by atoms with van der Waals surface area (Å²) in [6.07, 6.45) is 1.01. The minimum absolute atomic E-state index is 0.178. The van der Waals surface area contributed by atoms with Gasteiger partial charge < -0.3 is 10.1 Å². The van der Waals surface area contributed by atoms with E-state index in [0.29, 0.717) is 13.0 Å². The van der Waals surface area contributed by atoms with Crippen LogP contribution in [0.3, 0.4) is 0 Å². The van der Waals surface area contributed by atoms with Crippen LogP contribution in [-0.4, -0.2) is 35.1 Å². The Bertz CT molecular complexity index is 652. The number of aryl methyl sites for hydroxylation is 2. The number of nitrogens with zero attached hydrogens (tertiary/aromatic N) is 1. The van der Waals surface area contributed by atoms with Crippen molar-refractivity contribution in [2.24, 2.45) is 0 Å². The molecular formula is C18H25BrN2O3. The summed E-state index contributed by atoms with van der Waals surface area (Å²) in [7, 11) is 0. The summed E-state index contributed by atoms with van der Waals surface area (Å²) in [6, 6.07) is 3.42. The molecule has 0 radical (unpaired) electrons. The number of carbonyl (C=O) groups is 2. The average molecular weight is 397 g/mol. The average Bonchev–Trinajstić information content (AvgIpc) is 2.92. The lowest BCUT2D eigenvalue weighted by Gasteiger charge is -2.28. The number of halogens is 1. The van der Waals surface area contributed by atoms with Gasteiger partial charge in [-0.15, -0.1) is 0 Å². The fourth-order valence-corrected chi connectivity index (χ4v) is 3.23. The second-order valence-electron chi connectivity index (χ2n) is 7.24. The molecule has 2 amide bonds. The number of likely N-dealkylation sites (tertiary alicyclic amines) is 1. The van der Waals surface area contributed by atoms with E-state index in [1.54, 1.807) is 0 Å². The van der Waals surface area contributed by atoms with Gasteiger partial charge in [0.05, 0.1) is 5.69 Å². The number of nitrogens with one attached hydrogen (secondary N) is 1. The smallest absolute Gasteiger partial charge is 0.410 e. The number of anilines is 1. The lowest BCUT2D eigenvalue weighted by atomic mass is 10.1. The molecule has 1 N–H and O–H groups in total. The Morgan fingerprint density at radius 3 is 2.50 bits per heavy atom. The Hall–Kier alpha value is -1.56. The first-order chi connectivity index (χ1) is 11.1. The first-order valence-corrected chi connectivity index (χ1v) is 8.95. The monoisotopic (exact) mass is 396 g/mol. The summed E-state index contributed by atoms with van der Waals surface area (Å²) >= 11 is 3.48. The third-order valence-electron chi connectivity index (χ3n) is 4.02. The summed E-state index contributed by atoms with van der Waals surface area (Å²) in [5.41, 5.74) is 2.40. The normalized spacial score (nSPS) is 17.8. The Morgan fingerprint density at radius 1 is 1.25 bits per heavy atom. The molecule has 1 heterocycles. The van der Waals surface area contributed by atoms with Gasteiger partial charge in [-0.25, -0.2) is 4.79 Å². The number of hydrogen-bond donors (Lipinski definition) is 1. The Labute approximate surface area is 151 Å². The van der Waals surface area contributed by atoms with Crippen molar-refractivity contribution < 1.29 is 14.3 Å². The fraction of sp³-hybridized carbons (Fsp3) is 0.556. The molecule has 1 aliphatic rings. The first-order valence-electron chi connectivity index (χ1n) is 8.16. The molecule has 0 aliphatic carbocycles. The molecule has 6 heteroatoms. The van der Waals surface area contributed by atoms with E-state index in [1.807, 2.05) is 46.8 Å². The first kappa shape index (κ1) is 18.8. The second-order valence-corrected chi connectivity index (χ2v) is 8.09. The van der Waals surface area contributed by atoms with E-state index in [9.17, 15) is 9.59 Å². The van der Waals surface area contributed by atoms with E-state index >= 15 is 0 Å². The highest BCUT2D eigenvalue weighted by Gasteiger charge is 2.36. The molecule has 1 aliphatic heterocycles. The van der Waals surface area contributed by atoms with Gasteiger partial charge in [0.25, 0.3) is 0 Å². The van der Waals surface area contributed by atoms with E-state index in [4.69, 9.17) is 4.74 Å². The van der Waals surface area contributed by atoms with E-state index < -0.39 is 17.7 Å². The third kappa shape index (κ3) is 4.50. The van der Waals surface area contributed by atoms with Crippen LogP contribution in [0.15, 0.2) is 16.6 Å². The third-order valence-corrected chi connectivity index (χ3v) is 4.68. The summed E-state index contributed by atoms with van der Waals surface area (Å²) in [6.45, 7) is 10.0. The summed E-state index contributed by atoms with van der Waals surface area (Å²) in [5.74, 6) is -0.178. The molecular weight excluding hydrogens is 372 g/mol. The summed E-state index contributed by atoms with van der Waals surface area (Å²) in [5, 5.41) is 2.93. The van der Waals surface area contributed by atoms with Crippen LogP contribution in [0.4, 0.5) is 10.5 Å². The highest BCUT2D eigenvalue weighted by Crippen LogP contribution is 2.28. The largest absolute Gasteiger partial charge is 0.444 e. The molecule has 1 aromatic rings. The van der Waals surface area contributed by atoms with Gasteiger partial charge in [0.1, 0.15) is 11.6 Å². The van der Waals surface area contributed by atoms with E-state index in [0.717, 1.165) is 27.7 Å². The zero-order chi connectivity index (χ0) is 18.1. The molecule has 1 aromatic carbocycles. The summed E-state index contributed by atoms with van der Waals surface area (Å²) < 4.78 is 6.24. The molecule has 1 atom stereocenters. The number of ether oxygens (including phenoxy) is 1. The van der Waals surface area contributed by atoms with Crippen LogP contribution in [-0.2, 0) is 9.53 Å². The maximum atomic E-state index is 12.7. The van der Waals surface area contributed by atoms with Crippen LogP contribution in [0.2, 0.25) is 0 Å². The lowest BCUT2D eigenvalue weighted by Crippen LogP contribution is -2.45. The number of amides is 2. The number of rotatable bonds is 2. The number of hydrogen-bond acceptors (Lipinski definition) is 3. The Kier molecular flexibility index (Phi) is 5.58. The van der Waals surface area contributed by atoms with Gasteiger partial charge in [-0.2, -0.15) is 0 Å². The van der Waals surface area contributed by atoms with Crippen LogP contribution >= 0.6 is 15.9 Å². The van der Waals surface area contributed by atoms with Crippen LogP contribution in [0.25, 0.3) is 0 Å². The minimum atomic E-state index is -0.572. The SMILES string of the molecule is Cc1cc(Br)c(NC(=O)[C@@H]2CCCN2C(=O)OC(C)(C)C)cc1C. The Balaban J connectivity index is 2.11. The predicted octanol–water partition coefficient (Wildman–Crippen LogP) is 4.40. The number of benzene rings is 1. The van der Waals surface area contributed by atoms with Crippen molar-refractivity contribution in [2.45, 2.75) is 59.1 Å². The molecule has 0 aromatic heterocycles. The van der Waals surface area contributed by atoms with Gasteiger partial charge >= 0.3 is 6.09 Å². The van der Waals surface area contributed by atoms with Crippen molar-refractivity contribution in [1.82, 2.24) is 4.90 Å². The molecule has 0 unspecified atom stereocenters. The maximum absolute atomic E-state index is 12.7. The van der Waals surface area contributed by atoms with Crippen LogP contribution in [0.5, 0.6) is 0 Å². The molecule has 0 saturated carbocycles. The van der Waals surface area contributed by atoms with Crippen LogP contribution in [0.1, 0.15) is 44.7 Å². The van der Waals surface area contributed by atoms with E-state index in [-0.39, 0.29) is 5.91 Å². The molecule has 2 rings (SSSR count). The van der Waals surface area contributed by atoms with Crippen LogP contribution in [0, 0.1) is 13.8 Å². The van der Waals surface area contributed by atoms with Gasteiger partial charge in [-0.05, 0) is 86.6 Å². The molecule has 132 valence electrons. The standard InChI is InChI=1S/C18H25BrN2O3/c1-11-9-13(19)14(10-12(11)2)20-16(22)15-7-6-8-21(15)17(23)24-18(3,4)5/h9-10,15H,6-8H2,1-5H3,(H,20,22)/t15-/m0/s1. The molecule has 5 nitrogen and oxygen atoms in total. The lowest BCUT2D eigenvalue weighted by molar-refractivity contribution is -0.120. The quantitative estimate of drug-likeness (QED) is 0.805. The minimum Gasteiger partial charge on any atom is -0.444 e. The van der Waals surface area contributed by atoms with Crippen molar-refractivity contribution in [1.29, 1.82) is 0 Å². The van der Waals surface area contributed by atoms with E-state index in [2.05, 4.69) is 21.2 Å². The van der Waals surface area contributed by atoms with Gasteiger partial charge in [-0.3, -0.25) is 9.69 Å². The highest BCUT2D eigenvalue weighted by molar-refractivity contribution is 9.10. The summed E-state index contributed by atoms with van der Waals surface area (Å²) in [4.78, 5) is 26.5. The molecule has 1 fully saturated rings. The second kappa shape index (κ2) is 7.13. The van der Waals surface area contributed by atoms with Crippen molar-refractivity contribution in [3.05, 3.63) is 27.7 Å². The van der Waals surface area contributed by atoms with Gasteiger partial charge in [0.2, 0.25) is 5.91 Å². The highest BCUT2D eigenvalue weighted by atomic mass is 79.9. The topological polar surface area (TPSA) is 58.6 Å². The van der Waals surface area contributed by atoms with E-state index in [1.165, 1.54) is 4.90 Å². The fourth-order valence-electron chi connectivity index (χ4n) is 2.67. The van der Waals surface area contributed by atoms with Gasteiger partial charge in [0, 0.05) is 11.0 Å². The zero-order valence-corrected chi connectivity index (χ0v) is 16.5. The van der Waals surface area contributed by atoms with Gasteiger partial charge in [0.15, 0.2) is 0 Å². The predicted molar refractivity (Wildman–Crippen MR) is 98.2 cm³/mol. The van der Waals surface area contributed by atoms with Crippen molar-refractivity contribution in [3.8, 4) is 0 Å². The molecule has 1 saturated heterocycles. The Morgan fingerprint density at radius 2 is 1.88 bits per heavy atom. The maximum Gasteiger partial charge on any atom is 0.410 e. The van der Waals surface area contributed by atoms with Crippen LogP contribution < -0.4 is 5.32 Å². The molecule has 24 heavy (non-hydrogen) atoms. The van der Waals surface area contributed by atoms with Crippen molar-refractivity contribution in [3.63, 3.8) is 0 Å². The van der Waals surface area contributed by atoms with Crippen molar-refractivity contribution >= 4 is 33.6 Å². The van der Waals surface area contributed by atoms with Crippen molar-refractivity contribution in [2.75, 3.05) is 11.9 Å².